The van der Waals surface area contributed by atoms with E-state index < -0.39 is 5.97 Å². The van der Waals surface area contributed by atoms with E-state index in [2.05, 4.69) is 38.3 Å². The highest BCUT2D eigenvalue weighted by Crippen LogP contribution is 2.50. The third kappa shape index (κ3) is 6.26. The fraction of sp³-hybridized carbons (Fsp3) is 0.867. The molecule has 5 nitrogen and oxygen atoms in total. The summed E-state index contributed by atoms with van der Waals surface area (Å²) in [5.41, 5.74) is 0.358. The molecule has 5 heteroatoms. The van der Waals surface area contributed by atoms with Gasteiger partial charge in [-0.15, -0.1) is 0 Å². The van der Waals surface area contributed by atoms with E-state index in [1.807, 2.05) is 0 Å². The SMILES string of the molecule is CC(C)CC(CNC(=O)NCC1CC1(C)C)CC(=O)O. The Morgan fingerprint density at radius 1 is 1.30 bits per heavy atom. The number of urea groups is 1. The number of hydrogen-bond acceptors (Lipinski definition) is 2. The smallest absolute Gasteiger partial charge is 0.314 e. The van der Waals surface area contributed by atoms with Gasteiger partial charge in [-0.2, -0.15) is 0 Å². The van der Waals surface area contributed by atoms with Crippen molar-refractivity contribution >= 4 is 12.0 Å². The van der Waals surface area contributed by atoms with Crippen LogP contribution in [-0.4, -0.2) is 30.2 Å². The molecule has 2 atom stereocenters. The summed E-state index contributed by atoms with van der Waals surface area (Å²) in [7, 11) is 0. The first kappa shape index (κ1) is 16.8. The van der Waals surface area contributed by atoms with Gasteiger partial charge in [0.05, 0.1) is 0 Å². The van der Waals surface area contributed by atoms with Crippen molar-refractivity contribution in [3.8, 4) is 0 Å². The largest absolute Gasteiger partial charge is 0.481 e. The van der Waals surface area contributed by atoms with Gasteiger partial charge < -0.3 is 15.7 Å². The van der Waals surface area contributed by atoms with Gasteiger partial charge in [0.1, 0.15) is 0 Å². The molecule has 3 N–H and O–H groups in total. The molecular formula is C15H28N2O3. The molecular weight excluding hydrogens is 256 g/mol. The van der Waals surface area contributed by atoms with Gasteiger partial charge >= 0.3 is 12.0 Å². The molecule has 0 aliphatic heterocycles. The second-order valence-corrected chi connectivity index (χ2v) is 7.07. The highest BCUT2D eigenvalue weighted by atomic mass is 16.4. The highest BCUT2D eigenvalue weighted by Gasteiger charge is 2.45. The van der Waals surface area contributed by atoms with Gasteiger partial charge in [-0.1, -0.05) is 27.7 Å². The molecule has 0 aromatic carbocycles. The molecule has 0 bridgehead atoms. The molecule has 0 heterocycles. The van der Waals surface area contributed by atoms with Crippen molar-refractivity contribution in [2.75, 3.05) is 13.1 Å². The second-order valence-electron chi connectivity index (χ2n) is 7.07. The van der Waals surface area contributed by atoms with Crippen LogP contribution in [0.25, 0.3) is 0 Å². The predicted octanol–water partition coefficient (Wildman–Crippen LogP) is 2.47. The van der Waals surface area contributed by atoms with Crippen LogP contribution < -0.4 is 10.6 Å². The fourth-order valence-electron chi connectivity index (χ4n) is 2.59. The van der Waals surface area contributed by atoms with Crippen molar-refractivity contribution in [2.45, 2.75) is 47.0 Å². The molecule has 1 aliphatic rings. The molecule has 0 aromatic rings. The van der Waals surface area contributed by atoms with E-state index in [1.54, 1.807) is 0 Å². The topological polar surface area (TPSA) is 78.4 Å². The maximum Gasteiger partial charge on any atom is 0.314 e. The first-order valence-electron chi connectivity index (χ1n) is 7.44. The third-order valence-electron chi connectivity index (χ3n) is 4.05. The predicted molar refractivity (Wildman–Crippen MR) is 78.5 cm³/mol. The maximum atomic E-state index is 11.7. The third-order valence-corrected chi connectivity index (χ3v) is 4.05. The van der Waals surface area contributed by atoms with E-state index in [9.17, 15) is 9.59 Å². The molecule has 0 spiro atoms. The van der Waals surface area contributed by atoms with Crippen LogP contribution >= 0.6 is 0 Å². The number of nitrogens with one attached hydrogen (secondary N) is 2. The van der Waals surface area contributed by atoms with E-state index in [1.165, 1.54) is 0 Å². The van der Waals surface area contributed by atoms with Gasteiger partial charge in [-0.25, -0.2) is 4.79 Å². The maximum absolute atomic E-state index is 11.7. The fourth-order valence-corrected chi connectivity index (χ4v) is 2.59. The summed E-state index contributed by atoms with van der Waals surface area (Å²) in [6.45, 7) is 9.64. The van der Waals surface area contributed by atoms with Crippen LogP contribution in [0.15, 0.2) is 0 Å². The van der Waals surface area contributed by atoms with Crippen molar-refractivity contribution in [2.24, 2.45) is 23.2 Å². The zero-order valence-corrected chi connectivity index (χ0v) is 13.0. The monoisotopic (exact) mass is 284 g/mol. The average Bonchev–Trinajstić information content (AvgIpc) is 2.90. The Bertz CT molecular complexity index is 353. The van der Waals surface area contributed by atoms with Crippen LogP contribution in [-0.2, 0) is 4.79 Å². The van der Waals surface area contributed by atoms with E-state index in [-0.39, 0.29) is 18.4 Å². The van der Waals surface area contributed by atoms with Gasteiger partial charge in [-0.3, -0.25) is 4.79 Å². The van der Waals surface area contributed by atoms with Gasteiger partial charge in [0.2, 0.25) is 0 Å². The minimum atomic E-state index is -0.808. The van der Waals surface area contributed by atoms with E-state index >= 15 is 0 Å². The van der Waals surface area contributed by atoms with Crippen molar-refractivity contribution < 1.29 is 14.7 Å². The highest BCUT2D eigenvalue weighted by molar-refractivity contribution is 5.74. The molecule has 0 radical (unpaired) electrons. The van der Waals surface area contributed by atoms with Crippen molar-refractivity contribution in [1.29, 1.82) is 0 Å². The molecule has 1 saturated carbocycles. The summed E-state index contributed by atoms with van der Waals surface area (Å²) < 4.78 is 0. The van der Waals surface area contributed by atoms with Gasteiger partial charge in [0, 0.05) is 19.5 Å². The van der Waals surface area contributed by atoms with Crippen molar-refractivity contribution in [3.05, 3.63) is 0 Å². The van der Waals surface area contributed by atoms with E-state index in [0.717, 1.165) is 12.8 Å². The summed E-state index contributed by atoms with van der Waals surface area (Å²) in [6, 6.07) is -0.188. The van der Waals surface area contributed by atoms with E-state index in [0.29, 0.717) is 30.3 Å². The molecule has 0 aromatic heterocycles. The normalized spacial score (nSPS) is 21.4. The number of rotatable bonds is 8. The molecule has 1 fully saturated rings. The Morgan fingerprint density at radius 2 is 1.90 bits per heavy atom. The van der Waals surface area contributed by atoms with Gasteiger partial charge in [-0.05, 0) is 36.0 Å². The van der Waals surface area contributed by atoms with Gasteiger partial charge in [0.25, 0.3) is 0 Å². The molecule has 0 saturated heterocycles. The quantitative estimate of drug-likeness (QED) is 0.640. The Kier molecular flexibility index (Phi) is 5.84. The van der Waals surface area contributed by atoms with Crippen LogP contribution in [0.5, 0.6) is 0 Å². The Balaban J connectivity index is 2.23. The Labute approximate surface area is 121 Å². The van der Waals surface area contributed by atoms with Crippen molar-refractivity contribution in [1.82, 2.24) is 10.6 Å². The number of carbonyl (C=O) groups is 2. The first-order valence-corrected chi connectivity index (χ1v) is 7.44. The molecule has 2 unspecified atom stereocenters. The number of hydrogen-bond donors (Lipinski definition) is 3. The number of carbonyl (C=O) groups excluding carboxylic acids is 1. The van der Waals surface area contributed by atoms with Crippen LogP contribution in [0, 0.1) is 23.2 Å². The summed E-state index contributed by atoms with van der Waals surface area (Å²) in [6.07, 6.45) is 2.07. The average molecular weight is 284 g/mol. The zero-order valence-electron chi connectivity index (χ0n) is 13.0. The standard InChI is InChI=1S/C15H28N2O3/c1-10(2)5-11(6-13(18)19)8-16-14(20)17-9-12-7-15(12,3)4/h10-12H,5-9H2,1-4H3,(H,18,19)(H2,16,17,20). The lowest BCUT2D eigenvalue weighted by atomic mass is 9.94. The Hall–Kier alpha value is -1.26. The minimum absolute atomic E-state index is 0.00406. The second kappa shape index (κ2) is 6.95. The molecule has 1 aliphatic carbocycles. The molecule has 20 heavy (non-hydrogen) atoms. The summed E-state index contributed by atoms with van der Waals surface area (Å²) >= 11 is 0. The minimum Gasteiger partial charge on any atom is -0.481 e. The summed E-state index contributed by atoms with van der Waals surface area (Å²) in [5, 5.41) is 14.5. The Morgan fingerprint density at radius 3 is 2.35 bits per heavy atom. The lowest BCUT2D eigenvalue weighted by Crippen LogP contribution is -2.40. The summed E-state index contributed by atoms with van der Waals surface area (Å²) in [4.78, 5) is 22.5. The molecule has 2 amide bonds. The number of amides is 2. The first-order chi connectivity index (χ1) is 9.20. The number of carboxylic acids is 1. The van der Waals surface area contributed by atoms with Crippen LogP contribution in [0.1, 0.15) is 47.0 Å². The number of carboxylic acid groups (broad SMARTS) is 1. The zero-order chi connectivity index (χ0) is 15.3. The lowest BCUT2D eigenvalue weighted by Gasteiger charge is -2.18. The van der Waals surface area contributed by atoms with Crippen molar-refractivity contribution in [3.63, 3.8) is 0 Å². The van der Waals surface area contributed by atoms with Crippen LogP contribution in [0.2, 0.25) is 0 Å². The van der Waals surface area contributed by atoms with Gasteiger partial charge in [0.15, 0.2) is 0 Å². The van der Waals surface area contributed by atoms with Crippen LogP contribution in [0.4, 0.5) is 4.79 Å². The van der Waals surface area contributed by atoms with E-state index in [4.69, 9.17) is 5.11 Å². The number of aliphatic carboxylic acids is 1. The molecule has 116 valence electrons. The van der Waals surface area contributed by atoms with Crippen LogP contribution in [0.3, 0.4) is 0 Å². The lowest BCUT2D eigenvalue weighted by molar-refractivity contribution is -0.138. The molecule has 1 rings (SSSR count). The summed E-state index contributed by atoms with van der Waals surface area (Å²) in [5.74, 6) is 0.184.